The molecule has 0 fully saturated rings. The monoisotopic (exact) mass is 693 g/mol. The molecular formula is C51H35NS. The number of anilines is 3. The van der Waals surface area contributed by atoms with Gasteiger partial charge in [-0.25, -0.2) is 0 Å². The maximum absolute atomic E-state index is 2.45. The van der Waals surface area contributed by atoms with E-state index in [0.717, 1.165) is 11.4 Å². The third kappa shape index (κ3) is 4.56. The molecule has 1 heterocycles. The van der Waals surface area contributed by atoms with Crippen molar-refractivity contribution in [2.24, 2.45) is 0 Å². The van der Waals surface area contributed by atoms with Gasteiger partial charge in [0.1, 0.15) is 0 Å². The second-order valence-corrected chi connectivity index (χ2v) is 16.0. The van der Waals surface area contributed by atoms with Crippen LogP contribution in [0.3, 0.4) is 0 Å². The van der Waals surface area contributed by atoms with Crippen LogP contribution in [0.25, 0.3) is 74.7 Å². The van der Waals surface area contributed by atoms with Gasteiger partial charge in [-0.1, -0.05) is 135 Å². The maximum atomic E-state index is 2.45. The van der Waals surface area contributed by atoms with E-state index in [4.69, 9.17) is 0 Å². The fourth-order valence-electron chi connectivity index (χ4n) is 9.03. The maximum Gasteiger partial charge on any atom is 0.0468 e. The van der Waals surface area contributed by atoms with Gasteiger partial charge < -0.3 is 4.90 Å². The first-order chi connectivity index (χ1) is 26.0. The molecule has 0 bridgehead atoms. The van der Waals surface area contributed by atoms with E-state index in [1.54, 1.807) is 0 Å². The van der Waals surface area contributed by atoms with Gasteiger partial charge in [-0.15, -0.1) is 11.3 Å². The molecule has 53 heavy (non-hydrogen) atoms. The van der Waals surface area contributed by atoms with Gasteiger partial charge in [0.25, 0.3) is 0 Å². The van der Waals surface area contributed by atoms with Crippen molar-refractivity contribution in [1.29, 1.82) is 0 Å². The highest BCUT2D eigenvalue weighted by atomic mass is 32.1. The smallest absolute Gasteiger partial charge is 0.0468 e. The van der Waals surface area contributed by atoms with Crippen LogP contribution in [-0.4, -0.2) is 0 Å². The summed E-state index contributed by atoms with van der Waals surface area (Å²) >= 11 is 1.87. The Morgan fingerprint density at radius 2 is 1.04 bits per heavy atom. The molecule has 250 valence electrons. The summed E-state index contributed by atoms with van der Waals surface area (Å²) < 4.78 is 2.63. The SMILES string of the molecule is CC1(C)c2ccccc2-c2ccc(N(c3ccc(-c4cc5ccccc5c5ccc6ccccc6c45)cc3)c3ccc4sc5ccccc5c4c3)cc21. The van der Waals surface area contributed by atoms with Crippen LogP contribution in [0.15, 0.2) is 176 Å². The normalized spacial score (nSPS) is 13.2. The van der Waals surface area contributed by atoms with Crippen LogP contribution in [-0.2, 0) is 5.41 Å². The second-order valence-electron chi connectivity index (χ2n) is 14.9. The zero-order valence-corrected chi connectivity index (χ0v) is 30.4. The van der Waals surface area contributed by atoms with E-state index in [1.165, 1.54) is 91.6 Å². The minimum atomic E-state index is -0.0924. The molecule has 1 nitrogen and oxygen atoms in total. The van der Waals surface area contributed by atoms with Crippen molar-refractivity contribution < 1.29 is 0 Å². The van der Waals surface area contributed by atoms with E-state index < -0.39 is 0 Å². The summed E-state index contributed by atoms with van der Waals surface area (Å²) in [5.74, 6) is 0. The number of nitrogens with zero attached hydrogens (tertiary/aromatic N) is 1. The molecule has 10 aromatic rings. The molecule has 1 aromatic heterocycles. The number of fused-ring (bicyclic) bond motifs is 11. The Morgan fingerprint density at radius 3 is 1.91 bits per heavy atom. The van der Waals surface area contributed by atoms with Crippen molar-refractivity contribution in [3.05, 3.63) is 187 Å². The lowest BCUT2D eigenvalue weighted by Gasteiger charge is -2.28. The minimum absolute atomic E-state index is 0.0924. The molecule has 0 N–H and O–H groups in total. The summed E-state index contributed by atoms with van der Waals surface area (Å²) in [6.45, 7) is 4.73. The van der Waals surface area contributed by atoms with Crippen molar-refractivity contribution >= 4 is 80.9 Å². The number of rotatable bonds is 4. The molecule has 0 saturated carbocycles. The number of hydrogen-bond donors (Lipinski definition) is 0. The molecule has 1 aliphatic rings. The first kappa shape index (κ1) is 30.4. The average molecular weight is 694 g/mol. The summed E-state index contributed by atoms with van der Waals surface area (Å²) in [5.41, 5.74) is 11.3. The summed E-state index contributed by atoms with van der Waals surface area (Å²) in [6.07, 6.45) is 0. The molecule has 0 unspecified atom stereocenters. The third-order valence-corrected chi connectivity index (χ3v) is 12.8. The predicted octanol–water partition coefficient (Wildman–Crippen LogP) is 15.0. The quantitative estimate of drug-likeness (QED) is 0.166. The Kier molecular flexibility index (Phi) is 6.53. The standard InChI is InChI=1S/C51H35NS/c1-51(2)46-17-9-7-15-40(46)41-27-24-37(31-47(41)51)52(36-25-28-49-45(30-36)42-16-8-10-18-48(42)53-49)35-22-19-33(20-23-35)44-29-34-12-4-5-13-38(34)43-26-21-32-11-3-6-14-39(32)50(43)44/h3-31H,1-2H3. The van der Waals surface area contributed by atoms with Gasteiger partial charge in [-0.2, -0.15) is 0 Å². The van der Waals surface area contributed by atoms with Crippen molar-refractivity contribution in [3.8, 4) is 22.3 Å². The molecule has 0 radical (unpaired) electrons. The molecule has 0 spiro atoms. The van der Waals surface area contributed by atoms with Gasteiger partial charge in [0.2, 0.25) is 0 Å². The number of hydrogen-bond acceptors (Lipinski definition) is 2. The van der Waals surface area contributed by atoms with E-state index in [2.05, 4.69) is 195 Å². The molecule has 0 saturated heterocycles. The first-order valence-electron chi connectivity index (χ1n) is 18.4. The second kappa shape index (κ2) is 11.4. The summed E-state index contributed by atoms with van der Waals surface area (Å²) in [7, 11) is 0. The Hall–Kier alpha value is -6.22. The van der Waals surface area contributed by atoms with Crippen LogP contribution in [0, 0.1) is 0 Å². The zero-order chi connectivity index (χ0) is 35.3. The molecule has 0 aliphatic heterocycles. The van der Waals surface area contributed by atoms with Crippen LogP contribution < -0.4 is 4.90 Å². The lowest BCUT2D eigenvalue weighted by atomic mass is 9.82. The highest BCUT2D eigenvalue weighted by molar-refractivity contribution is 7.25. The van der Waals surface area contributed by atoms with Crippen LogP contribution in [0.1, 0.15) is 25.0 Å². The first-order valence-corrected chi connectivity index (χ1v) is 19.2. The van der Waals surface area contributed by atoms with E-state index in [1.807, 2.05) is 11.3 Å². The zero-order valence-electron chi connectivity index (χ0n) is 29.6. The van der Waals surface area contributed by atoms with Gasteiger partial charge in [-0.05, 0) is 120 Å². The van der Waals surface area contributed by atoms with E-state index in [9.17, 15) is 0 Å². The van der Waals surface area contributed by atoms with Gasteiger partial charge in [0.05, 0.1) is 0 Å². The summed E-state index contributed by atoms with van der Waals surface area (Å²) in [6, 6.07) is 65.5. The molecule has 1 aliphatic carbocycles. The molecule has 11 rings (SSSR count). The number of benzene rings is 9. The van der Waals surface area contributed by atoms with Gasteiger partial charge in [0, 0.05) is 42.6 Å². The number of thiophene rings is 1. The minimum Gasteiger partial charge on any atom is -0.310 e. The Labute approximate surface area is 313 Å². The van der Waals surface area contributed by atoms with Crippen molar-refractivity contribution in [3.63, 3.8) is 0 Å². The Balaban J connectivity index is 1.11. The molecule has 9 aromatic carbocycles. The fourth-order valence-corrected chi connectivity index (χ4v) is 10.1. The van der Waals surface area contributed by atoms with Crippen LogP contribution in [0.5, 0.6) is 0 Å². The van der Waals surface area contributed by atoms with E-state index in [-0.39, 0.29) is 5.41 Å². The highest BCUT2D eigenvalue weighted by Crippen LogP contribution is 2.51. The molecular weight excluding hydrogens is 659 g/mol. The van der Waals surface area contributed by atoms with Crippen LogP contribution in [0.4, 0.5) is 17.1 Å². The van der Waals surface area contributed by atoms with Crippen molar-refractivity contribution in [1.82, 2.24) is 0 Å². The fraction of sp³-hybridized carbons (Fsp3) is 0.0588. The van der Waals surface area contributed by atoms with Gasteiger partial charge >= 0.3 is 0 Å². The molecule has 0 amide bonds. The predicted molar refractivity (Wildman–Crippen MR) is 230 cm³/mol. The van der Waals surface area contributed by atoms with Gasteiger partial charge in [0.15, 0.2) is 0 Å². The molecule has 0 atom stereocenters. The molecule has 2 heteroatoms. The lowest BCUT2D eigenvalue weighted by molar-refractivity contribution is 0.660. The van der Waals surface area contributed by atoms with Crippen molar-refractivity contribution in [2.75, 3.05) is 4.90 Å². The lowest BCUT2D eigenvalue weighted by Crippen LogP contribution is -2.16. The largest absolute Gasteiger partial charge is 0.310 e. The Bertz CT molecular complexity index is 3090. The highest BCUT2D eigenvalue weighted by Gasteiger charge is 2.35. The topological polar surface area (TPSA) is 3.24 Å². The van der Waals surface area contributed by atoms with Crippen LogP contribution >= 0.6 is 11.3 Å². The van der Waals surface area contributed by atoms with Gasteiger partial charge in [-0.3, -0.25) is 0 Å². The van der Waals surface area contributed by atoms with Crippen molar-refractivity contribution in [2.45, 2.75) is 19.3 Å². The van der Waals surface area contributed by atoms with E-state index >= 15 is 0 Å². The van der Waals surface area contributed by atoms with Crippen LogP contribution in [0.2, 0.25) is 0 Å². The summed E-state index contributed by atoms with van der Waals surface area (Å²) in [4.78, 5) is 2.45. The van der Waals surface area contributed by atoms with E-state index in [0.29, 0.717) is 0 Å². The summed E-state index contributed by atoms with van der Waals surface area (Å²) in [5, 5.41) is 10.3. The Morgan fingerprint density at radius 1 is 0.396 bits per heavy atom. The third-order valence-electron chi connectivity index (χ3n) is 11.6. The average Bonchev–Trinajstić information content (AvgIpc) is 3.69.